The zero-order valence-electron chi connectivity index (χ0n) is 15.5. The minimum absolute atomic E-state index is 0.295. The highest BCUT2D eigenvalue weighted by Gasteiger charge is 2.19. The zero-order valence-corrected chi connectivity index (χ0v) is 18.6. The number of thiophene rings is 1. The van der Waals surface area contributed by atoms with Crippen LogP contribution in [0.2, 0.25) is 10.0 Å². The third kappa shape index (κ3) is 5.93. The third-order valence-electron chi connectivity index (χ3n) is 3.90. The van der Waals surface area contributed by atoms with E-state index in [2.05, 4.69) is 10.6 Å². The van der Waals surface area contributed by atoms with E-state index in [1.807, 2.05) is 36.4 Å². The molecule has 0 aliphatic carbocycles. The first kappa shape index (κ1) is 21.6. The van der Waals surface area contributed by atoms with Crippen molar-refractivity contribution in [1.82, 2.24) is 0 Å². The van der Waals surface area contributed by atoms with Crippen molar-refractivity contribution in [3.8, 4) is 0 Å². The second kappa shape index (κ2) is 10.1. The van der Waals surface area contributed by atoms with Crippen molar-refractivity contribution in [3.05, 3.63) is 80.6 Å². The minimum atomic E-state index is -0.394. The summed E-state index contributed by atoms with van der Waals surface area (Å²) in [5, 5.41) is 8.04. The average Bonchev–Trinajstić information content (AvgIpc) is 3.08. The van der Waals surface area contributed by atoms with Gasteiger partial charge < -0.3 is 15.4 Å². The quantitative estimate of drug-likeness (QED) is 0.316. The fraction of sp³-hybridized carbons (Fsp3) is 0.143. The van der Waals surface area contributed by atoms with Crippen molar-refractivity contribution < 1.29 is 9.53 Å². The highest BCUT2D eigenvalue weighted by atomic mass is 35.5. The van der Waals surface area contributed by atoms with E-state index in [1.54, 1.807) is 25.1 Å². The summed E-state index contributed by atoms with van der Waals surface area (Å²) in [4.78, 5) is 13.4. The van der Waals surface area contributed by atoms with Gasteiger partial charge >= 0.3 is 5.97 Å². The van der Waals surface area contributed by atoms with Crippen LogP contribution >= 0.6 is 46.8 Å². The van der Waals surface area contributed by atoms with Crippen LogP contribution in [0.25, 0.3) is 0 Å². The Kier molecular flexibility index (Phi) is 7.50. The Balaban J connectivity index is 1.81. The maximum Gasteiger partial charge on any atom is 0.341 e. The highest BCUT2D eigenvalue weighted by Crippen LogP contribution is 2.31. The molecule has 4 nitrogen and oxygen atoms in total. The van der Waals surface area contributed by atoms with Crippen molar-refractivity contribution >= 4 is 68.5 Å². The lowest BCUT2D eigenvalue weighted by molar-refractivity contribution is 0.0528. The van der Waals surface area contributed by atoms with Gasteiger partial charge in [-0.1, -0.05) is 53.5 Å². The fourth-order valence-corrected chi connectivity index (χ4v) is 4.33. The number of halogens is 2. The van der Waals surface area contributed by atoms with E-state index in [-0.39, 0.29) is 0 Å². The highest BCUT2D eigenvalue weighted by molar-refractivity contribution is 7.80. The SMILES string of the molecule is CCOC(=O)c1cc(Cc2ccccc2)sc1NC(=S)Nc1cc(Cl)ccc1Cl. The first-order valence-corrected chi connectivity index (χ1v) is 10.8. The lowest BCUT2D eigenvalue weighted by atomic mass is 10.1. The maximum atomic E-state index is 12.4. The molecule has 3 rings (SSSR count). The molecule has 0 aliphatic rings. The third-order valence-corrected chi connectivity index (χ3v) is 5.72. The molecule has 29 heavy (non-hydrogen) atoms. The van der Waals surface area contributed by atoms with Crippen LogP contribution in [0.5, 0.6) is 0 Å². The van der Waals surface area contributed by atoms with Crippen LogP contribution in [0.3, 0.4) is 0 Å². The van der Waals surface area contributed by atoms with E-state index in [0.29, 0.717) is 44.4 Å². The number of benzene rings is 2. The summed E-state index contributed by atoms with van der Waals surface area (Å²) in [7, 11) is 0. The first-order valence-electron chi connectivity index (χ1n) is 8.83. The van der Waals surface area contributed by atoms with Crippen molar-refractivity contribution in [3.63, 3.8) is 0 Å². The Morgan fingerprint density at radius 2 is 1.86 bits per heavy atom. The smallest absolute Gasteiger partial charge is 0.341 e. The Morgan fingerprint density at radius 1 is 1.10 bits per heavy atom. The summed E-state index contributed by atoms with van der Waals surface area (Å²) in [6.07, 6.45) is 0.708. The number of thiocarbonyl (C=S) groups is 1. The van der Waals surface area contributed by atoms with E-state index in [0.717, 1.165) is 10.4 Å². The maximum absolute atomic E-state index is 12.4. The second-order valence-electron chi connectivity index (χ2n) is 6.04. The number of rotatable bonds is 6. The summed E-state index contributed by atoms with van der Waals surface area (Å²) in [6, 6.07) is 16.9. The molecule has 0 amide bonds. The molecule has 0 saturated heterocycles. The fourth-order valence-electron chi connectivity index (χ4n) is 2.63. The predicted molar refractivity (Wildman–Crippen MR) is 126 cm³/mol. The van der Waals surface area contributed by atoms with Gasteiger partial charge in [0.2, 0.25) is 0 Å². The van der Waals surface area contributed by atoms with E-state index < -0.39 is 5.97 Å². The molecule has 0 unspecified atom stereocenters. The molecule has 0 aliphatic heterocycles. The molecule has 150 valence electrons. The van der Waals surface area contributed by atoms with E-state index in [9.17, 15) is 4.79 Å². The van der Waals surface area contributed by atoms with Gasteiger partial charge in [0.1, 0.15) is 5.00 Å². The Hall–Kier alpha value is -2.12. The van der Waals surface area contributed by atoms with Gasteiger partial charge in [-0.2, -0.15) is 0 Å². The van der Waals surface area contributed by atoms with Crippen molar-refractivity contribution in [2.45, 2.75) is 13.3 Å². The van der Waals surface area contributed by atoms with Crippen LogP contribution in [0, 0.1) is 0 Å². The van der Waals surface area contributed by atoms with E-state index >= 15 is 0 Å². The van der Waals surface area contributed by atoms with Crippen LogP contribution < -0.4 is 10.6 Å². The number of carbonyl (C=O) groups is 1. The Bertz CT molecular complexity index is 1020. The number of hydrogen-bond acceptors (Lipinski definition) is 4. The molecule has 0 spiro atoms. The number of ether oxygens (including phenoxy) is 1. The number of nitrogens with one attached hydrogen (secondary N) is 2. The summed E-state index contributed by atoms with van der Waals surface area (Å²) in [5.41, 5.74) is 2.18. The number of anilines is 2. The largest absolute Gasteiger partial charge is 0.462 e. The molecule has 8 heteroatoms. The molecule has 1 aromatic heterocycles. The van der Waals surface area contributed by atoms with Gasteiger partial charge in [-0.05, 0) is 49.0 Å². The minimum Gasteiger partial charge on any atom is -0.462 e. The Labute approximate surface area is 188 Å². The van der Waals surface area contributed by atoms with E-state index in [4.69, 9.17) is 40.2 Å². The van der Waals surface area contributed by atoms with Crippen LogP contribution in [0.15, 0.2) is 54.6 Å². The van der Waals surface area contributed by atoms with Gasteiger partial charge in [0.15, 0.2) is 5.11 Å². The molecule has 0 bridgehead atoms. The molecule has 0 saturated carbocycles. The zero-order chi connectivity index (χ0) is 20.8. The normalized spacial score (nSPS) is 10.4. The van der Waals surface area contributed by atoms with Crippen LogP contribution in [0.4, 0.5) is 10.7 Å². The summed E-state index contributed by atoms with van der Waals surface area (Å²) < 4.78 is 5.19. The second-order valence-corrected chi connectivity index (χ2v) is 8.43. The van der Waals surface area contributed by atoms with Gasteiger partial charge in [0.25, 0.3) is 0 Å². The van der Waals surface area contributed by atoms with Crippen molar-refractivity contribution in [2.24, 2.45) is 0 Å². The lowest BCUT2D eigenvalue weighted by Gasteiger charge is -2.12. The molecule has 1 heterocycles. The van der Waals surface area contributed by atoms with Gasteiger partial charge in [0, 0.05) is 16.3 Å². The first-order chi connectivity index (χ1) is 14.0. The molecule has 2 aromatic carbocycles. The molecular formula is C21H18Cl2N2O2S2. The van der Waals surface area contributed by atoms with Gasteiger partial charge in [-0.25, -0.2) is 4.79 Å². The van der Waals surface area contributed by atoms with Crippen LogP contribution in [-0.4, -0.2) is 17.7 Å². The topological polar surface area (TPSA) is 50.4 Å². The molecule has 3 aromatic rings. The molecule has 0 atom stereocenters. The van der Waals surface area contributed by atoms with E-state index in [1.165, 1.54) is 11.3 Å². The van der Waals surface area contributed by atoms with Crippen LogP contribution in [-0.2, 0) is 11.2 Å². The van der Waals surface area contributed by atoms with Crippen molar-refractivity contribution in [1.29, 1.82) is 0 Å². The summed E-state index contributed by atoms with van der Waals surface area (Å²) in [5.74, 6) is -0.394. The standard InChI is InChI=1S/C21H18Cl2N2O2S2/c1-2-27-20(26)16-12-15(10-13-6-4-3-5-7-13)29-19(16)25-21(28)24-18-11-14(22)8-9-17(18)23/h3-9,11-12H,2,10H2,1H3,(H2,24,25,28). The molecule has 2 N–H and O–H groups in total. The number of hydrogen-bond donors (Lipinski definition) is 2. The van der Waals surface area contributed by atoms with Gasteiger partial charge in [0.05, 0.1) is 22.9 Å². The monoisotopic (exact) mass is 464 g/mol. The number of carbonyl (C=O) groups excluding carboxylic acids is 1. The molecular weight excluding hydrogens is 447 g/mol. The average molecular weight is 465 g/mol. The lowest BCUT2D eigenvalue weighted by Crippen LogP contribution is -2.20. The van der Waals surface area contributed by atoms with Crippen molar-refractivity contribution in [2.75, 3.05) is 17.2 Å². The predicted octanol–water partition coefficient (Wildman–Crippen LogP) is 6.63. The summed E-state index contributed by atoms with van der Waals surface area (Å²) in [6.45, 7) is 2.07. The van der Waals surface area contributed by atoms with Crippen LogP contribution in [0.1, 0.15) is 27.7 Å². The molecule has 0 fully saturated rings. The number of esters is 1. The molecule has 0 radical (unpaired) electrons. The Morgan fingerprint density at radius 3 is 2.59 bits per heavy atom. The summed E-state index contributed by atoms with van der Waals surface area (Å²) >= 11 is 19.1. The van der Waals surface area contributed by atoms with Gasteiger partial charge in [-0.3, -0.25) is 0 Å². The van der Waals surface area contributed by atoms with Gasteiger partial charge in [-0.15, -0.1) is 11.3 Å².